The number of carboxylic acid groups (broad SMARTS) is 1. The molecule has 2 saturated heterocycles. The number of aromatic amines is 1. The summed E-state index contributed by atoms with van der Waals surface area (Å²) in [7, 11) is 0. The number of nitrogens with one attached hydrogen (secondary N) is 2. The Balaban J connectivity index is 1.49. The number of benzene rings is 3. The summed E-state index contributed by atoms with van der Waals surface area (Å²) >= 11 is 0. The lowest BCUT2D eigenvalue weighted by Crippen LogP contribution is -2.57. The average Bonchev–Trinajstić information content (AvgIpc) is 3.61. The number of aliphatic carboxylic acids is 1. The van der Waals surface area contributed by atoms with Gasteiger partial charge in [0.25, 0.3) is 0 Å². The number of carbonyl (C=O) groups is 4. The summed E-state index contributed by atoms with van der Waals surface area (Å²) in [5.41, 5.74) is 1.47. The van der Waals surface area contributed by atoms with Crippen molar-refractivity contribution in [1.29, 1.82) is 5.26 Å². The summed E-state index contributed by atoms with van der Waals surface area (Å²) in [5.74, 6) is -4.74. The zero-order valence-corrected chi connectivity index (χ0v) is 21.4. The van der Waals surface area contributed by atoms with Gasteiger partial charge in [0.05, 0.1) is 29.2 Å². The zero-order valence-electron chi connectivity index (χ0n) is 21.4. The summed E-state index contributed by atoms with van der Waals surface area (Å²) in [4.78, 5) is 57.3. The fourth-order valence-electron chi connectivity index (χ4n) is 6.17. The van der Waals surface area contributed by atoms with E-state index in [2.05, 4.69) is 16.4 Å². The number of carbonyl (C=O) groups excluding carboxylic acids is 3. The van der Waals surface area contributed by atoms with Gasteiger partial charge in [-0.3, -0.25) is 24.5 Å². The van der Waals surface area contributed by atoms with Gasteiger partial charge in [-0.25, -0.2) is 4.90 Å². The molecule has 6 rings (SSSR count). The van der Waals surface area contributed by atoms with Crippen LogP contribution in [-0.4, -0.2) is 39.2 Å². The van der Waals surface area contributed by atoms with Crippen LogP contribution in [-0.2, 0) is 20.8 Å². The summed E-state index contributed by atoms with van der Waals surface area (Å²) in [6.07, 6.45) is 1.69. The highest BCUT2D eigenvalue weighted by molar-refractivity contribution is 6.24. The number of hydrogen-bond acceptors (Lipinski definition) is 6. The number of imide groups is 1. The number of nitriles is 1. The van der Waals surface area contributed by atoms with Crippen molar-refractivity contribution in [2.24, 2.45) is 11.8 Å². The maximum atomic E-state index is 14.1. The first-order valence-corrected chi connectivity index (χ1v) is 12.8. The van der Waals surface area contributed by atoms with Gasteiger partial charge in [0.15, 0.2) is 5.78 Å². The molecule has 4 aromatic rings. The molecule has 2 aliphatic rings. The van der Waals surface area contributed by atoms with E-state index in [4.69, 9.17) is 0 Å². The van der Waals surface area contributed by atoms with Crippen LogP contribution < -0.4 is 10.2 Å². The number of ketones is 1. The molecular weight excluding hydrogens is 508 g/mol. The molecule has 9 nitrogen and oxygen atoms in total. The lowest BCUT2D eigenvalue weighted by atomic mass is 9.76. The Bertz CT molecular complexity index is 1730. The molecule has 3 heterocycles. The molecule has 3 aromatic carbocycles. The van der Waals surface area contributed by atoms with Crippen molar-refractivity contribution < 1.29 is 24.3 Å². The highest BCUT2D eigenvalue weighted by Crippen LogP contribution is 2.51. The number of rotatable bonds is 6. The Morgan fingerprint density at radius 1 is 1.00 bits per heavy atom. The maximum absolute atomic E-state index is 14.1. The van der Waals surface area contributed by atoms with E-state index in [1.807, 2.05) is 24.3 Å². The van der Waals surface area contributed by atoms with Gasteiger partial charge in [-0.15, -0.1) is 0 Å². The molecule has 0 spiro atoms. The van der Waals surface area contributed by atoms with E-state index in [9.17, 15) is 29.5 Å². The Hall–Kier alpha value is -5.07. The first-order valence-electron chi connectivity index (χ1n) is 12.8. The lowest BCUT2D eigenvalue weighted by molar-refractivity contribution is -0.148. The molecule has 2 aliphatic heterocycles. The quantitative estimate of drug-likeness (QED) is 0.253. The highest BCUT2D eigenvalue weighted by atomic mass is 16.4. The van der Waals surface area contributed by atoms with Gasteiger partial charge >= 0.3 is 5.97 Å². The van der Waals surface area contributed by atoms with Gasteiger partial charge in [0.2, 0.25) is 11.8 Å². The van der Waals surface area contributed by atoms with Crippen LogP contribution in [0.1, 0.15) is 40.0 Å². The minimum absolute atomic E-state index is 0.0452. The number of aromatic nitrogens is 1. The normalized spacial score (nSPS) is 23.8. The van der Waals surface area contributed by atoms with Gasteiger partial charge in [0, 0.05) is 35.1 Å². The predicted molar refractivity (Wildman–Crippen MR) is 145 cm³/mol. The zero-order chi connectivity index (χ0) is 28.2. The summed E-state index contributed by atoms with van der Waals surface area (Å²) < 4.78 is 0. The molecule has 40 heavy (non-hydrogen) atoms. The second kappa shape index (κ2) is 9.29. The number of fused-ring (bicyclic) bond motifs is 2. The van der Waals surface area contributed by atoms with Crippen LogP contribution in [0.4, 0.5) is 5.69 Å². The molecule has 3 N–H and O–H groups in total. The number of hydrogen-bond donors (Lipinski definition) is 3. The molecule has 2 fully saturated rings. The van der Waals surface area contributed by atoms with Crippen molar-refractivity contribution in [2.45, 2.75) is 24.9 Å². The number of carboxylic acids is 1. The fourth-order valence-corrected chi connectivity index (χ4v) is 6.17. The maximum Gasteiger partial charge on any atom is 0.325 e. The van der Waals surface area contributed by atoms with E-state index >= 15 is 0 Å². The number of para-hydroxylation sites is 1. The molecule has 0 saturated carbocycles. The molecule has 9 heteroatoms. The van der Waals surface area contributed by atoms with Gasteiger partial charge in [0.1, 0.15) is 5.54 Å². The number of Topliss-reactive ketones (excluding diaryl/α,β-unsaturated/α-hetero) is 1. The molecule has 0 radical (unpaired) electrons. The molecule has 0 aliphatic carbocycles. The highest BCUT2D eigenvalue weighted by Gasteiger charge is 2.68. The minimum Gasteiger partial charge on any atom is -0.480 e. The standard InChI is InChI=1S/C31H24N4O5/c1-17(36)19-10-12-22(13-11-19)35-28(37)25-26(29(35)38)31(30(39)40,14-21-16-33-24-5-3-2-4-23(21)24)34-27(25)20-8-6-18(15-32)7-9-20/h2-13,16,25-27,33-34H,14H2,1H3,(H,39,40). The number of amides is 2. The topological polar surface area (TPSA) is 143 Å². The molecule has 4 unspecified atom stereocenters. The monoisotopic (exact) mass is 532 g/mol. The number of nitrogens with zero attached hydrogens (tertiary/aromatic N) is 2. The van der Waals surface area contributed by atoms with Crippen molar-refractivity contribution in [1.82, 2.24) is 10.3 Å². The average molecular weight is 533 g/mol. The minimum atomic E-state index is -1.80. The van der Waals surface area contributed by atoms with E-state index in [0.29, 0.717) is 22.3 Å². The van der Waals surface area contributed by atoms with Crippen molar-refractivity contribution in [3.63, 3.8) is 0 Å². The van der Waals surface area contributed by atoms with Crippen molar-refractivity contribution >= 4 is 40.2 Å². The van der Waals surface area contributed by atoms with E-state index in [1.54, 1.807) is 42.6 Å². The lowest BCUT2D eigenvalue weighted by Gasteiger charge is -2.31. The van der Waals surface area contributed by atoms with Crippen molar-refractivity contribution in [3.8, 4) is 6.07 Å². The van der Waals surface area contributed by atoms with Gasteiger partial charge in [-0.2, -0.15) is 5.26 Å². The van der Waals surface area contributed by atoms with Gasteiger partial charge in [-0.05, 0) is 60.5 Å². The Morgan fingerprint density at radius 2 is 1.70 bits per heavy atom. The Labute approximate surface area is 229 Å². The molecule has 4 atom stereocenters. The summed E-state index contributed by atoms with van der Waals surface area (Å²) in [6, 6.07) is 21.5. The van der Waals surface area contributed by atoms with Crippen LogP contribution in [0, 0.1) is 23.2 Å². The van der Waals surface area contributed by atoms with E-state index in [-0.39, 0.29) is 17.9 Å². The van der Waals surface area contributed by atoms with E-state index in [0.717, 1.165) is 15.8 Å². The number of anilines is 1. The van der Waals surface area contributed by atoms with Gasteiger partial charge in [-0.1, -0.05) is 30.3 Å². The third kappa shape index (κ3) is 3.73. The van der Waals surface area contributed by atoms with Crippen LogP contribution in [0.5, 0.6) is 0 Å². The van der Waals surface area contributed by atoms with Crippen molar-refractivity contribution in [2.75, 3.05) is 4.90 Å². The SMILES string of the molecule is CC(=O)c1ccc(N2C(=O)C3C(c4ccc(C#N)cc4)NC(Cc4c[nH]c5ccccc45)(C(=O)O)C3C2=O)cc1. The predicted octanol–water partition coefficient (Wildman–Crippen LogP) is 3.76. The van der Waals surface area contributed by atoms with Gasteiger partial charge < -0.3 is 10.1 Å². The summed E-state index contributed by atoms with van der Waals surface area (Å²) in [5, 5.41) is 24.0. The first kappa shape index (κ1) is 25.2. The molecule has 198 valence electrons. The molecule has 2 amide bonds. The number of H-pyrrole nitrogens is 1. The Morgan fingerprint density at radius 3 is 2.35 bits per heavy atom. The largest absolute Gasteiger partial charge is 0.480 e. The van der Waals surface area contributed by atoms with E-state index in [1.165, 1.54) is 19.1 Å². The fraction of sp³-hybridized carbons (Fsp3) is 0.194. The smallest absolute Gasteiger partial charge is 0.325 e. The van der Waals surface area contributed by atoms with E-state index < -0.39 is 41.2 Å². The second-order valence-corrected chi connectivity index (χ2v) is 10.3. The molecule has 1 aromatic heterocycles. The third-order valence-electron chi connectivity index (χ3n) is 8.11. The van der Waals surface area contributed by atoms with Crippen molar-refractivity contribution in [3.05, 3.63) is 101 Å². The first-order chi connectivity index (χ1) is 19.2. The van der Waals surface area contributed by atoms with Crippen LogP contribution in [0.25, 0.3) is 10.9 Å². The van der Waals surface area contributed by atoms with Crippen LogP contribution in [0.3, 0.4) is 0 Å². The summed E-state index contributed by atoms with van der Waals surface area (Å²) in [6.45, 7) is 1.42. The van der Waals surface area contributed by atoms with Crippen LogP contribution in [0.2, 0.25) is 0 Å². The molecule has 0 bridgehead atoms. The third-order valence-corrected chi connectivity index (χ3v) is 8.11. The Kier molecular flexibility index (Phi) is 5.86. The van der Waals surface area contributed by atoms with Crippen LogP contribution in [0.15, 0.2) is 79.0 Å². The molecular formula is C31H24N4O5. The second-order valence-electron chi connectivity index (χ2n) is 10.3. The van der Waals surface area contributed by atoms with Crippen LogP contribution >= 0.6 is 0 Å².